The van der Waals surface area contributed by atoms with Crippen molar-refractivity contribution in [2.45, 2.75) is 70.5 Å². The van der Waals surface area contributed by atoms with Crippen molar-refractivity contribution in [1.82, 2.24) is 10.2 Å². The molecule has 3 heterocycles. The van der Waals surface area contributed by atoms with Crippen molar-refractivity contribution < 1.29 is 0 Å². The van der Waals surface area contributed by atoms with Gasteiger partial charge in [-0.1, -0.05) is 20.8 Å². The Morgan fingerprint density at radius 2 is 1.86 bits per heavy atom. The lowest BCUT2D eigenvalue weighted by Crippen LogP contribution is -2.42. The van der Waals surface area contributed by atoms with E-state index in [4.69, 9.17) is 0 Å². The van der Waals surface area contributed by atoms with E-state index < -0.39 is 0 Å². The third kappa shape index (κ3) is 3.52. The van der Waals surface area contributed by atoms with Crippen LogP contribution in [0.3, 0.4) is 0 Å². The second-order valence-corrected chi connectivity index (χ2v) is 9.20. The van der Waals surface area contributed by atoms with Gasteiger partial charge in [0.2, 0.25) is 0 Å². The minimum atomic E-state index is 0.288. The van der Waals surface area contributed by atoms with E-state index in [9.17, 15) is 0 Å². The van der Waals surface area contributed by atoms with Crippen LogP contribution in [0.2, 0.25) is 0 Å². The van der Waals surface area contributed by atoms with Crippen LogP contribution in [0.15, 0.2) is 12.1 Å². The summed E-state index contributed by atoms with van der Waals surface area (Å²) in [5.41, 5.74) is 0.288. The van der Waals surface area contributed by atoms with Crippen LogP contribution in [-0.4, -0.2) is 30.6 Å². The summed E-state index contributed by atoms with van der Waals surface area (Å²) >= 11 is 1.97. The first-order valence-corrected chi connectivity index (χ1v) is 9.27. The number of hydrogen-bond donors (Lipinski definition) is 1. The Bertz CT molecular complexity index is 460. The molecule has 21 heavy (non-hydrogen) atoms. The van der Waals surface area contributed by atoms with Gasteiger partial charge >= 0.3 is 0 Å². The summed E-state index contributed by atoms with van der Waals surface area (Å²) in [7, 11) is 2.33. The summed E-state index contributed by atoms with van der Waals surface area (Å²) in [5, 5.41) is 3.71. The number of nitrogens with zero attached hydrogens (tertiary/aromatic N) is 1. The summed E-state index contributed by atoms with van der Waals surface area (Å²) in [6.07, 6.45) is 5.66. The smallest absolute Gasteiger partial charge is 0.0299 e. The highest BCUT2D eigenvalue weighted by Gasteiger charge is 2.37. The Balaban J connectivity index is 1.45. The highest BCUT2D eigenvalue weighted by molar-refractivity contribution is 7.12. The van der Waals surface area contributed by atoms with Crippen molar-refractivity contribution in [3.8, 4) is 0 Å². The van der Waals surface area contributed by atoms with Crippen molar-refractivity contribution >= 4 is 11.3 Å². The average Bonchev–Trinajstić information content (AvgIpc) is 2.93. The van der Waals surface area contributed by atoms with Gasteiger partial charge in [0.15, 0.2) is 0 Å². The third-order valence-corrected chi connectivity index (χ3v) is 6.84. The minimum absolute atomic E-state index is 0.288. The molecular weight excluding hydrogens is 276 g/mol. The van der Waals surface area contributed by atoms with Crippen LogP contribution < -0.4 is 5.32 Å². The topological polar surface area (TPSA) is 15.3 Å². The van der Waals surface area contributed by atoms with Gasteiger partial charge in [0.25, 0.3) is 0 Å². The molecule has 1 N–H and O–H groups in total. The van der Waals surface area contributed by atoms with Gasteiger partial charge in [0, 0.05) is 28.4 Å². The van der Waals surface area contributed by atoms with Crippen molar-refractivity contribution in [2.24, 2.45) is 5.92 Å². The van der Waals surface area contributed by atoms with Crippen molar-refractivity contribution in [3.63, 3.8) is 0 Å². The van der Waals surface area contributed by atoms with Gasteiger partial charge in [0.05, 0.1) is 0 Å². The summed E-state index contributed by atoms with van der Waals surface area (Å²) < 4.78 is 0. The standard InChI is InChI=1S/C18H30N2S/c1-18(2,3)17-8-7-16(21-17)12-19-11-13-9-14-5-6-15(10-13)20(14)4/h7-8,13-15,19H,5-6,9-12H2,1-4H3. The fourth-order valence-corrected chi connectivity index (χ4v) is 5.00. The molecule has 2 aliphatic rings. The Labute approximate surface area is 133 Å². The normalized spacial score (nSPS) is 30.0. The fraction of sp³-hybridized carbons (Fsp3) is 0.778. The highest BCUT2D eigenvalue weighted by Crippen LogP contribution is 2.37. The molecule has 2 fully saturated rings. The molecule has 2 saturated heterocycles. The number of nitrogens with one attached hydrogen (secondary N) is 1. The van der Waals surface area contributed by atoms with Gasteiger partial charge in [-0.3, -0.25) is 0 Å². The second-order valence-electron chi connectivity index (χ2n) is 8.03. The first kappa shape index (κ1) is 15.5. The molecule has 2 atom stereocenters. The Morgan fingerprint density at radius 3 is 2.43 bits per heavy atom. The van der Waals surface area contributed by atoms with E-state index >= 15 is 0 Å². The third-order valence-electron chi connectivity index (χ3n) is 5.33. The summed E-state index contributed by atoms with van der Waals surface area (Å²) in [6.45, 7) is 9.13. The quantitative estimate of drug-likeness (QED) is 0.904. The molecule has 2 nitrogen and oxygen atoms in total. The SMILES string of the molecule is CN1C2CCC1CC(CNCc1ccc(C(C)(C)C)s1)C2. The van der Waals surface area contributed by atoms with Gasteiger partial charge in [-0.2, -0.15) is 0 Å². The van der Waals surface area contributed by atoms with E-state index in [0.29, 0.717) is 0 Å². The van der Waals surface area contributed by atoms with Crippen LogP contribution in [0.25, 0.3) is 0 Å². The molecular formula is C18H30N2S. The molecule has 0 aromatic carbocycles. The number of thiophene rings is 1. The molecule has 2 unspecified atom stereocenters. The lowest BCUT2D eigenvalue weighted by atomic mass is 9.91. The summed E-state index contributed by atoms with van der Waals surface area (Å²) in [5.74, 6) is 0.890. The van der Waals surface area contributed by atoms with Gasteiger partial charge in [0.1, 0.15) is 0 Å². The van der Waals surface area contributed by atoms with E-state index in [1.54, 1.807) is 0 Å². The molecule has 2 bridgehead atoms. The molecule has 0 amide bonds. The maximum Gasteiger partial charge on any atom is 0.0299 e. The molecule has 0 radical (unpaired) electrons. The predicted molar refractivity (Wildman–Crippen MR) is 92.0 cm³/mol. The molecule has 1 aromatic heterocycles. The molecule has 118 valence electrons. The first-order chi connectivity index (χ1) is 9.93. The zero-order valence-electron chi connectivity index (χ0n) is 14.0. The Kier molecular flexibility index (Phi) is 4.45. The van der Waals surface area contributed by atoms with Crippen LogP contribution in [0.5, 0.6) is 0 Å². The predicted octanol–water partition coefficient (Wildman–Crippen LogP) is 4.01. The van der Waals surface area contributed by atoms with Crippen molar-refractivity contribution in [3.05, 3.63) is 21.9 Å². The first-order valence-electron chi connectivity index (χ1n) is 8.45. The molecule has 0 aliphatic carbocycles. The number of piperidine rings is 1. The second kappa shape index (κ2) is 6.02. The van der Waals surface area contributed by atoms with Gasteiger partial charge in [-0.15, -0.1) is 11.3 Å². The zero-order valence-corrected chi connectivity index (χ0v) is 14.8. The average molecular weight is 307 g/mol. The van der Waals surface area contributed by atoms with Gasteiger partial charge in [-0.25, -0.2) is 0 Å². The lowest BCUT2D eigenvalue weighted by molar-refractivity contribution is 0.133. The summed E-state index contributed by atoms with van der Waals surface area (Å²) in [6, 6.07) is 6.34. The molecule has 0 spiro atoms. The van der Waals surface area contributed by atoms with E-state index in [1.165, 1.54) is 42.0 Å². The largest absolute Gasteiger partial charge is 0.312 e. The van der Waals surface area contributed by atoms with Crippen molar-refractivity contribution in [1.29, 1.82) is 0 Å². The highest BCUT2D eigenvalue weighted by atomic mass is 32.1. The zero-order chi connectivity index (χ0) is 15.0. The maximum atomic E-state index is 3.71. The van der Waals surface area contributed by atoms with Crippen LogP contribution in [0, 0.1) is 5.92 Å². The molecule has 3 heteroatoms. The number of hydrogen-bond acceptors (Lipinski definition) is 3. The molecule has 1 aromatic rings. The number of rotatable bonds is 4. The lowest BCUT2D eigenvalue weighted by Gasteiger charge is -2.36. The van der Waals surface area contributed by atoms with Crippen LogP contribution in [-0.2, 0) is 12.0 Å². The van der Waals surface area contributed by atoms with Crippen molar-refractivity contribution in [2.75, 3.05) is 13.6 Å². The molecule has 3 rings (SSSR count). The van der Waals surface area contributed by atoms with Crippen LogP contribution in [0.1, 0.15) is 56.2 Å². The fourth-order valence-electron chi connectivity index (χ4n) is 3.97. The maximum absolute atomic E-state index is 3.71. The van der Waals surface area contributed by atoms with Crippen LogP contribution in [0.4, 0.5) is 0 Å². The summed E-state index contributed by atoms with van der Waals surface area (Å²) in [4.78, 5) is 5.61. The van der Waals surface area contributed by atoms with E-state index in [0.717, 1.165) is 24.5 Å². The Morgan fingerprint density at radius 1 is 1.19 bits per heavy atom. The minimum Gasteiger partial charge on any atom is -0.312 e. The number of fused-ring (bicyclic) bond motifs is 2. The Hall–Kier alpha value is -0.380. The van der Waals surface area contributed by atoms with Crippen LogP contribution >= 0.6 is 11.3 Å². The monoisotopic (exact) mass is 306 g/mol. The molecule has 0 saturated carbocycles. The van der Waals surface area contributed by atoms with Gasteiger partial charge in [-0.05, 0) is 62.7 Å². The van der Waals surface area contributed by atoms with E-state index in [2.05, 4.69) is 50.2 Å². The molecule has 2 aliphatic heterocycles. The van der Waals surface area contributed by atoms with E-state index in [-0.39, 0.29) is 5.41 Å². The van der Waals surface area contributed by atoms with E-state index in [1.807, 2.05) is 11.3 Å². The van der Waals surface area contributed by atoms with Gasteiger partial charge < -0.3 is 10.2 Å².